The Balaban J connectivity index is 1.90. The normalized spacial score (nSPS) is 26.1. The van der Waals surface area contributed by atoms with E-state index in [-0.39, 0.29) is 0 Å². The highest BCUT2D eigenvalue weighted by atomic mass is 32.2. The van der Waals surface area contributed by atoms with Crippen molar-refractivity contribution < 1.29 is 0 Å². The molecule has 0 bridgehead atoms. The fourth-order valence-corrected chi connectivity index (χ4v) is 4.56. The van der Waals surface area contributed by atoms with Gasteiger partial charge in [0.1, 0.15) is 0 Å². The zero-order valence-electron chi connectivity index (χ0n) is 10.8. The van der Waals surface area contributed by atoms with Crippen molar-refractivity contribution in [2.24, 2.45) is 0 Å². The molecule has 1 aromatic rings. The summed E-state index contributed by atoms with van der Waals surface area (Å²) in [7, 11) is 0. The SMILES string of the molecule is CCNc1ncc(CN2CC(C)SC(C)C2)s1. The summed E-state index contributed by atoms with van der Waals surface area (Å²) < 4.78 is 0. The molecule has 5 heteroatoms. The van der Waals surface area contributed by atoms with Gasteiger partial charge in [-0.2, -0.15) is 11.8 Å². The second-order valence-corrected chi connectivity index (χ2v) is 7.61. The third-order valence-corrected chi connectivity index (χ3v) is 4.92. The summed E-state index contributed by atoms with van der Waals surface area (Å²) in [5.74, 6) is 0. The van der Waals surface area contributed by atoms with Crippen molar-refractivity contribution in [2.75, 3.05) is 25.0 Å². The van der Waals surface area contributed by atoms with Crippen LogP contribution in [0.1, 0.15) is 25.6 Å². The first-order valence-corrected chi connectivity index (χ1v) is 7.99. The quantitative estimate of drug-likeness (QED) is 0.911. The van der Waals surface area contributed by atoms with Crippen LogP contribution in [-0.2, 0) is 6.54 Å². The molecule has 0 saturated carbocycles. The van der Waals surface area contributed by atoms with E-state index in [0.717, 1.165) is 28.7 Å². The molecule has 1 N–H and O–H groups in total. The summed E-state index contributed by atoms with van der Waals surface area (Å²) in [4.78, 5) is 8.30. The van der Waals surface area contributed by atoms with Gasteiger partial charge >= 0.3 is 0 Å². The van der Waals surface area contributed by atoms with Crippen molar-refractivity contribution in [3.05, 3.63) is 11.1 Å². The predicted octanol–water partition coefficient (Wildman–Crippen LogP) is 2.90. The van der Waals surface area contributed by atoms with Gasteiger partial charge in [0.15, 0.2) is 5.13 Å². The Morgan fingerprint density at radius 1 is 1.41 bits per heavy atom. The predicted molar refractivity (Wildman–Crippen MR) is 78.1 cm³/mol. The minimum atomic E-state index is 0.750. The molecule has 2 rings (SSSR count). The smallest absolute Gasteiger partial charge is 0.182 e. The molecule has 0 amide bonds. The lowest BCUT2D eigenvalue weighted by molar-refractivity contribution is 0.265. The molecule has 1 aliphatic rings. The van der Waals surface area contributed by atoms with Gasteiger partial charge in [0.25, 0.3) is 0 Å². The standard InChI is InChI=1S/C12H21N3S2/c1-4-13-12-14-5-11(17-12)8-15-6-9(2)16-10(3)7-15/h5,9-10H,4,6-8H2,1-3H3,(H,13,14). The molecule has 0 radical (unpaired) electrons. The van der Waals surface area contributed by atoms with Crippen LogP contribution in [0.15, 0.2) is 6.20 Å². The van der Waals surface area contributed by atoms with Gasteiger partial charge in [0, 0.05) is 47.8 Å². The molecule has 1 saturated heterocycles. The molecule has 3 nitrogen and oxygen atoms in total. The highest BCUT2D eigenvalue weighted by molar-refractivity contribution is 8.00. The number of rotatable bonds is 4. The average Bonchev–Trinajstić information content (AvgIpc) is 2.64. The largest absolute Gasteiger partial charge is 0.362 e. The van der Waals surface area contributed by atoms with Gasteiger partial charge in [-0.15, -0.1) is 11.3 Å². The van der Waals surface area contributed by atoms with Crippen LogP contribution in [0.2, 0.25) is 0 Å². The highest BCUT2D eigenvalue weighted by Gasteiger charge is 2.22. The van der Waals surface area contributed by atoms with Gasteiger partial charge in [-0.05, 0) is 6.92 Å². The van der Waals surface area contributed by atoms with Gasteiger partial charge in [0.05, 0.1) is 0 Å². The number of thiazole rings is 1. The highest BCUT2D eigenvalue weighted by Crippen LogP contribution is 2.27. The molecule has 1 fully saturated rings. The van der Waals surface area contributed by atoms with Gasteiger partial charge in [-0.25, -0.2) is 4.98 Å². The molecular weight excluding hydrogens is 250 g/mol. The van der Waals surface area contributed by atoms with Gasteiger partial charge < -0.3 is 5.32 Å². The van der Waals surface area contributed by atoms with E-state index in [1.54, 1.807) is 11.3 Å². The van der Waals surface area contributed by atoms with Crippen molar-refractivity contribution in [2.45, 2.75) is 37.8 Å². The van der Waals surface area contributed by atoms with Crippen LogP contribution >= 0.6 is 23.1 Å². The second-order valence-electron chi connectivity index (χ2n) is 4.61. The average molecular weight is 271 g/mol. The first kappa shape index (κ1) is 13.2. The minimum absolute atomic E-state index is 0.750. The number of hydrogen-bond donors (Lipinski definition) is 1. The summed E-state index contributed by atoms with van der Waals surface area (Å²) in [6.45, 7) is 11.1. The van der Waals surface area contributed by atoms with Gasteiger partial charge in [-0.3, -0.25) is 4.90 Å². The molecule has 0 aromatic carbocycles. The van der Waals surface area contributed by atoms with Crippen LogP contribution in [0, 0.1) is 0 Å². The number of hydrogen-bond acceptors (Lipinski definition) is 5. The summed E-state index contributed by atoms with van der Waals surface area (Å²) in [6.07, 6.45) is 2.01. The summed E-state index contributed by atoms with van der Waals surface area (Å²) >= 11 is 3.89. The Labute approximate surface area is 112 Å². The van der Waals surface area contributed by atoms with E-state index in [1.807, 2.05) is 6.20 Å². The lowest BCUT2D eigenvalue weighted by Crippen LogP contribution is -2.39. The van der Waals surface area contributed by atoms with E-state index in [2.05, 4.69) is 47.7 Å². The lowest BCUT2D eigenvalue weighted by Gasteiger charge is -2.34. The number of aromatic nitrogens is 1. The minimum Gasteiger partial charge on any atom is -0.362 e. The van der Waals surface area contributed by atoms with Crippen molar-refractivity contribution >= 4 is 28.2 Å². The van der Waals surface area contributed by atoms with E-state index in [0.29, 0.717) is 0 Å². The monoisotopic (exact) mass is 271 g/mol. The lowest BCUT2D eigenvalue weighted by atomic mass is 10.3. The van der Waals surface area contributed by atoms with Crippen molar-refractivity contribution in [3.63, 3.8) is 0 Å². The first-order valence-electron chi connectivity index (χ1n) is 6.23. The number of nitrogens with one attached hydrogen (secondary N) is 1. The second kappa shape index (κ2) is 6.07. The maximum absolute atomic E-state index is 4.39. The zero-order valence-corrected chi connectivity index (χ0v) is 12.4. The third kappa shape index (κ3) is 3.86. The Kier molecular flexibility index (Phi) is 4.70. The van der Waals surface area contributed by atoms with Crippen LogP contribution < -0.4 is 5.32 Å². The van der Waals surface area contributed by atoms with Crippen molar-refractivity contribution in [3.8, 4) is 0 Å². The summed E-state index contributed by atoms with van der Waals surface area (Å²) in [6, 6.07) is 0. The first-order chi connectivity index (χ1) is 8.17. The molecule has 1 aromatic heterocycles. The molecule has 2 atom stereocenters. The molecule has 1 aliphatic heterocycles. The van der Waals surface area contributed by atoms with E-state index in [9.17, 15) is 0 Å². The van der Waals surface area contributed by atoms with E-state index >= 15 is 0 Å². The van der Waals surface area contributed by atoms with Crippen molar-refractivity contribution in [1.82, 2.24) is 9.88 Å². The Morgan fingerprint density at radius 2 is 2.12 bits per heavy atom. The molecule has 2 heterocycles. The Morgan fingerprint density at radius 3 is 2.76 bits per heavy atom. The van der Waals surface area contributed by atoms with Gasteiger partial charge in [-0.1, -0.05) is 13.8 Å². The topological polar surface area (TPSA) is 28.2 Å². The molecule has 0 spiro atoms. The molecular formula is C12H21N3S2. The van der Waals surface area contributed by atoms with Crippen molar-refractivity contribution in [1.29, 1.82) is 0 Å². The maximum Gasteiger partial charge on any atom is 0.182 e. The Bertz CT molecular complexity index is 343. The van der Waals surface area contributed by atoms with Gasteiger partial charge in [0.2, 0.25) is 0 Å². The number of anilines is 1. The fourth-order valence-electron chi connectivity index (χ4n) is 2.25. The van der Waals surface area contributed by atoms with E-state index in [4.69, 9.17) is 0 Å². The van der Waals surface area contributed by atoms with Crippen LogP contribution in [0.25, 0.3) is 0 Å². The summed E-state index contributed by atoms with van der Waals surface area (Å²) in [5, 5.41) is 5.82. The molecule has 96 valence electrons. The third-order valence-electron chi connectivity index (χ3n) is 2.76. The maximum atomic E-state index is 4.39. The van der Waals surface area contributed by atoms with E-state index < -0.39 is 0 Å². The molecule has 2 unspecified atom stereocenters. The van der Waals surface area contributed by atoms with Crippen LogP contribution in [-0.4, -0.2) is 40.0 Å². The summed E-state index contributed by atoms with van der Waals surface area (Å²) in [5.41, 5.74) is 0. The number of nitrogens with zero attached hydrogens (tertiary/aromatic N) is 2. The molecule has 17 heavy (non-hydrogen) atoms. The molecule has 0 aliphatic carbocycles. The number of thioether (sulfide) groups is 1. The van der Waals surface area contributed by atoms with E-state index in [1.165, 1.54) is 18.0 Å². The zero-order chi connectivity index (χ0) is 12.3. The fraction of sp³-hybridized carbons (Fsp3) is 0.750. The Hall–Kier alpha value is -0.260. The van der Waals surface area contributed by atoms with Crippen LogP contribution in [0.4, 0.5) is 5.13 Å². The van der Waals surface area contributed by atoms with Crippen LogP contribution in [0.3, 0.4) is 0 Å². The van der Waals surface area contributed by atoms with Crippen LogP contribution in [0.5, 0.6) is 0 Å².